The average Bonchev–Trinajstić information content (AvgIpc) is 3.08. The summed E-state index contributed by atoms with van der Waals surface area (Å²) in [6, 6.07) is 20.5. The molecule has 1 heterocycles. The Balaban J connectivity index is 1.59. The maximum Gasteiger partial charge on any atom is 0.273 e. The van der Waals surface area contributed by atoms with E-state index in [0.29, 0.717) is 27.8 Å². The van der Waals surface area contributed by atoms with Crippen molar-refractivity contribution in [3.63, 3.8) is 0 Å². The zero-order valence-corrected chi connectivity index (χ0v) is 17.4. The maximum atomic E-state index is 12.3. The van der Waals surface area contributed by atoms with Gasteiger partial charge in [-0.2, -0.15) is 5.10 Å². The predicted octanol–water partition coefficient (Wildman–Crippen LogP) is 5.34. The molecule has 150 valence electrons. The molecule has 0 saturated carbocycles. The Morgan fingerprint density at radius 3 is 2.60 bits per heavy atom. The number of hydrogen-bond donors (Lipinski definition) is 2. The quantitative estimate of drug-likeness (QED) is 0.251. The number of nitrogens with one attached hydrogen (secondary N) is 1. The van der Waals surface area contributed by atoms with E-state index in [0.717, 1.165) is 22.0 Å². The molecule has 4 aromatic rings. The van der Waals surface area contributed by atoms with E-state index in [9.17, 15) is 4.79 Å². The van der Waals surface area contributed by atoms with Crippen molar-refractivity contribution in [2.24, 2.45) is 5.10 Å². The molecule has 0 unspecified atom stereocenters. The molecule has 1 amide bonds. The van der Waals surface area contributed by atoms with E-state index in [1.807, 2.05) is 42.6 Å². The summed E-state index contributed by atoms with van der Waals surface area (Å²) in [6.45, 7) is 0.623. The van der Waals surface area contributed by atoms with Crippen molar-refractivity contribution >= 4 is 51.9 Å². The number of anilines is 1. The number of nitrogens with two attached hydrogens (primary N) is 1. The summed E-state index contributed by atoms with van der Waals surface area (Å²) in [5, 5.41) is 6.20. The Morgan fingerprint density at radius 1 is 1.03 bits per heavy atom. The highest BCUT2D eigenvalue weighted by Gasteiger charge is 2.10. The molecule has 30 heavy (non-hydrogen) atoms. The van der Waals surface area contributed by atoms with E-state index in [4.69, 9.17) is 28.9 Å². The molecule has 0 radical (unpaired) electrons. The lowest BCUT2D eigenvalue weighted by Gasteiger charge is -2.06. The Hall–Kier alpha value is -3.28. The van der Waals surface area contributed by atoms with Crippen molar-refractivity contribution in [1.82, 2.24) is 9.99 Å². The van der Waals surface area contributed by atoms with Crippen molar-refractivity contribution in [2.75, 3.05) is 5.73 Å². The van der Waals surface area contributed by atoms with Gasteiger partial charge in [-0.25, -0.2) is 5.43 Å². The SMILES string of the molecule is Nc1ccccc1C(=O)N/N=C/c1cn(Cc2ccc(Cl)c(Cl)c2)c2ccccc12. The number of aromatic nitrogens is 1. The number of para-hydroxylation sites is 2. The van der Waals surface area contributed by atoms with Gasteiger partial charge in [0.1, 0.15) is 0 Å². The average molecular weight is 437 g/mol. The number of hydrogen-bond acceptors (Lipinski definition) is 3. The highest BCUT2D eigenvalue weighted by molar-refractivity contribution is 6.42. The van der Waals surface area contributed by atoms with Crippen LogP contribution in [0.3, 0.4) is 0 Å². The Morgan fingerprint density at radius 2 is 1.80 bits per heavy atom. The second kappa shape index (κ2) is 8.61. The van der Waals surface area contributed by atoms with Crippen LogP contribution < -0.4 is 11.2 Å². The van der Waals surface area contributed by atoms with Crippen LogP contribution in [-0.4, -0.2) is 16.7 Å². The number of rotatable bonds is 5. The molecule has 0 aliphatic rings. The number of benzene rings is 3. The first-order valence-electron chi connectivity index (χ1n) is 9.22. The van der Waals surface area contributed by atoms with Crippen LogP contribution >= 0.6 is 23.2 Å². The molecule has 0 atom stereocenters. The smallest absolute Gasteiger partial charge is 0.273 e. The van der Waals surface area contributed by atoms with E-state index in [1.165, 1.54) is 0 Å². The molecule has 5 nitrogen and oxygen atoms in total. The van der Waals surface area contributed by atoms with E-state index in [2.05, 4.69) is 15.1 Å². The topological polar surface area (TPSA) is 72.4 Å². The van der Waals surface area contributed by atoms with E-state index >= 15 is 0 Å². The Bertz CT molecular complexity index is 1260. The number of nitrogen functional groups attached to an aromatic ring is 1. The van der Waals surface area contributed by atoms with Crippen LogP contribution in [0.2, 0.25) is 10.0 Å². The number of fused-ring (bicyclic) bond motifs is 1. The molecule has 4 rings (SSSR count). The number of nitrogens with zero attached hydrogens (tertiary/aromatic N) is 2. The first-order valence-corrected chi connectivity index (χ1v) is 9.98. The molecular formula is C23H18Cl2N4O. The molecule has 0 bridgehead atoms. The van der Waals surface area contributed by atoms with Crippen molar-refractivity contribution in [3.05, 3.63) is 99.7 Å². The molecule has 3 N–H and O–H groups in total. The fourth-order valence-corrected chi connectivity index (χ4v) is 3.59. The van der Waals surface area contributed by atoms with E-state index in [-0.39, 0.29) is 5.91 Å². The largest absolute Gasteiger partial charge is 0.398 e. The summed E-state index contributed by atoms with van der Waals surface area (Å²) in [6.07, 6.45) is 3.62. The minimum absolute atomic E-state index is 0.358. The van der Waals surface area contributed by atoms with Crippen LogP contribution in [0.5, 0.6) is 0 Å². The molecule has 0 aliphatic heterocycles. The van der Waals surface area contributed by atoms with Gasteiger partial charge in [0.15, 0.2) is 0 Å². The number of amides is 1. The van der Waals surface area contributed by atoms with Crippen LogP contribution in [-0.2, 0) is 6.54 Å². The van der Waals surface area contributed by atoms with Crippen LogP contribution in [0, 0.1) is 0 Å². The zero-order chi connectivity index (χ0) is 21.1. The van der Waals surface area contributed by atoms with Crippen molar-refractivity contribution in [1.29, 1.82) is 0 Å². The highest BCUT2D eigenvalue weighted by atomic mass is 35.5. The fraction of sp³-hybridized carbons (Fsp3) is 0.0435. The molecule has 0 aliphatic carbocycles. The van der Waals surface area contributed by atoms with Crippen LogP contribution in [0.4, 0.5) is 5.69 Å². The third-order valence-corrected chi connectivity index (χ3v) is 5.47. The van der Waals surface area contributed by atoms with Gasteiger partial charge in [-0.15, -0.1) is 0 Å². The molecular weight excluding hydrogens is 419 g/mol. The monoisotopic (exact) mass is 436 g/mol. The highest BCUT2D eigenvalue weighted by Crippen LogP contribution is 2.25. The lowest BCUT2D eigenvalue weighted by Crippen LogP contribution is -2.18. The standard InChI is InChI=1S/C23H18Cl2N4O/c24-19-10-9-15(11-20(19)25)13-29-14-16(17-5-2-4-8-22(17)29)12-27-28-23(30)18-6-1-3-7-21(18)26/h1-12,14H,13,26H2,(H,28,30)/b27-12+. The summed E-state index contributed by atoms with van der Waals surface area (Å²) >= 11 is 12.2. The Labute approximate surface area is 183 Å². The van der Waals surface area contributed by atoms with Gasteiger partial charge in [0.05, 0.1) is 21.8 Å². The van der Waals surface area contributed by atoms with Gasteiger partial charge in [0, 0.05) is 34.9 Å². The third kappa shape index (κ3) is 4.17. The molecule has 0 saturated heterocycles. The third-order valence-electron chi connectivity index (χ3n) is 4.73. The van der Waals surface area contributed by atoms with Gasteiger partial charge >= 0.3 is 0 Å². The number of carbonyl (C=O) groups is 1. The van der Waals surface area contributed by atoms with Crippen molar-refractivity contribution < 1.29 is 4.79 Å². The number of halogens is 2. The number of carbonyl (C=O) groups excluding carboxylic acids is 1. The zero-order valence-electron chi connectivity index (χ0n) is 15.8. The Kier molecular flexibility index (Phi) is 5.74. The molecule has 1 aromatic heterocycles. The van der Waals surface area contributed by atoms with Gasteiger partial charge in [-0.1, -0.05) is 59.6 Å². The first kappa shape index (κ1) is 20.0. The van der Waals surface area contributed by atoms with Gasteiger partial charge < -0.3 is 10.3 Å². The predicted molar refractivity (Wildman–Crippen MR) is 123 cm³/mol. The molecule has 0 spiro atoms. The summed E-state index contributed by atoms with van der Waals surface area (Å²) in [5.41, 5.74) is 12.1. The summed E-state index contributed by atoms with van der Waals surface area (Å²) in [7, 11) is 0. The van der Waals surface area contributed by atoms with Crippen LogP contribution in [0.15, 0.2) is 78.0 Å². The normalized spacial score (nSPS) is 11.3. The number of hydrazone groups is 1. The molecule has 3 aromatic carbocycles. The second-order valence-corrected chi connectivity index (χ2v) is 7.58. The van der Waals surface area contributed by atoms with Crippen molar-refractivity contribution in [3.8, 4) is 0 Å². The fourth-order valence-electron chi connectivity index (χ4n) is 3.27. The lowest BCUT2D eigenvalue weighted by atomic mass is 10.2. The summed E-state index contributed by atoms with van der Waals surface area (Å²) < 4.78 is 2.10. The minimum Gasteiger partial charge on any atom is -0.398 e. The van der Waals surface area contributed by atoms with Crippen molar-refractivity contribution in [2.45, 2.75) is 6.54 Å². The van der Waals surface area contributed by atoms with Gasteiger partial charge in [-0.3, -0.25) is 4.79 Å². The van der Waals surface area contributed by atoms with Gasteiger partial charge in [-0.05, 0) is 35.9 Å². The summed E-state index contributed by atoms with van der Waals surface area (Å²) in [4.78, 5) is 12.3. The van der Waals surface area contributed by atoms with Gasteiger partial charge in [0.25, 0.3) is 5.91 Å². The molecule has 7 heteroatoms. The van der Waals surface area contributed by atoms with E-state index < -0.39 is 0 Å². The first-order chi connectivity index (χ1) is 14.5. The maximum absolute atomic E-state index is 12.3. The van der Waals surface area contributed by atoms with Gasteiger partial charge in [0.2, 0.25) is 0 Å². The minimum atomic E-state index is -0.358. The second-order valence-electron chi connectivity index (χ2n) is 6.76. The van der Waals surface area contributed by atoms with Crippen LogP contribution in [0.1, 0.15) is 21.5 Å². The lowest BCUT2D eigenvalue weighted by molar-refractivity contribution is 0.0956. The summed E-state index contributed by atoms with van der Waals surface area (Å²) in [5.74, 6) is -0.358. The van der Waals surface area contributed by atoms with Crippen LogP contribution in [0.25, 0.3) is 10.9 Å². The molecule has 0 fully saturated rings. The van der Waals surface area contributed by atoms with E-state index in [1.54, 1.807) is 36.5 Å².